The minimum Gasteiger partial charge on any atom is -0.337 e. The van der Waals surface area contributed by atoms with E-state index in [-0.39, 0.29) is 24.6 Å². The summed E-state index contributed by atoms with van der Waals surface area (Å²) in [7, 11) is 0. The van der Waals surface area contributed by atoms with Crippen molar-refractivity contribution in [2.45, 2.75) is 0 Å². The summed E-state index contributed by atoms with van der Waals surface area (Å²) in [5.41, 5.74) is 0.804. The van der Waals surface area contributed by atoms with Gasteiger partial charge in [-0.05, 0) is 30.3 Å². The highest BCUT2D eigenvalue weighted by molar-refractivity contribution is 5.99. The van der Waals surface area contributed by atoms with Gasteiger partial charge in [-0.3, -0.25) is 9.59 Å². The second-order valence-electron chi connectivity index (χ2n) is 5.68. The summed E-state index contributed by atoms with van der Waals surface area (Å²) in [5, 5.41) is 11.7. The number of likely N-dealkylation sites (tertiary alicyclic amines) is 1. The van der Waals surface area contributed by atoms with Crippen LogP contribution in [0, 0.1) is 28.9 Å². The Morgan fingerprint density at radius 3 is 2.52 bits per heavy atom. The number of hydrogen-bond acceptors (Lipinski definition) is 3. The quantitative estimate of drug-likeness (QED) is 0.932. The van der Waals surface area contributed by atoms with E-state index in [1.165, 1.54) is 11.0 Å². The predicted octanol–water partition coefficient (Wildman–Crippen LogP) is 2.55. The van der Waals surface area contributed by atoms with Gasteiger partial charge in [0.15, 0.2) is 11.6 Å². The maximum absolute atomic E-state index is 13.2. The highest BCUT2D eigenvalue weighted by atomic mass is 19.2. The van der Waals surface area contributed by atoms with E-state index < -0.39 is 23.5 Å². The van der Waals surface area contributed by atoms with Crippen molar-refractivity contribution < 1.29 is 18.4 Å². The lowest BCUT2D eigenvalue weighted by Gasteiger charge is -2.38. The van der Waals surface area contributed by atoms with Gasteiger partial charge >= 0.3 is 0 Å². The maximum atomic E-state index is 13.2. The molecule has 126 valence electrons. The molecule has 1 heterocycles. The number of anilines is 1. The van der Waals surface area contributed by atoms with Gasteiger partial charge in [-0.2, -0.15) is 5.26 Å². The number of para-hydroxylation sites is 1. The van der Waals surface area contributed by atoms with Crippen LogP contribution in [0.1, 0.15) is 15.9 Å². The zero-order valence-corrected chi connectivity index (χ0v) is 13.0. The Hall–Kier alpha value is -3.27. The molecule has 0 atom stereocenters. The second kappa shape index (κ2) is 6.69. The Morgan fingerprint density at radius 2 is 1.84 bits per heavy atom. The number of amides is 2. The average Bonchev–Trinajstić information content (AvgIpc) is 2.56. The summed E-state index contributed by atoms with van der Waals surface area (Å²) in [5.74, 6) is -3.28. The van der Waals surface area contributed by atoms with Gasteiger partial charge in [0.05, 0.1) is 17.2 Å². The van der Waals surface area contributed by atoms with E-state index in [9.17, 15) is 18.4 Å². The van der Waals surface area contributed by atoms with Crippen LogP contribution in [0.25, 0.3) is 0 Å². The first kappa shape index (κ1) is 16.6. The Kier molecular flexibility index (Phi) is 4.44. The molecule has 0 aromatic heterocycles. The Balaban J connectivity index is 1.60. The van der Waals surface area contributed by atoms with E-state index >= 15 is 0 Å². The van der Waals surface area contributed by atoms with E-state index in [0.717, 1.165) is 12.1 Å². The SMILES string of the molecule is N#Cc1ccccc1NC(=O)C1CN(C(=O)c2ccc(F)c(F)c2)C1. The Morgan fingerprint density at radius 1 is 1.12 bits per heavy atom. The second-order valence-corrected chi connectivity index (χ2v) is 5.68. The van der Waals surface area contributed by atoms with Crippen molar-refractivity contribution in [1.29, 1.82) is 5.26 Å². The minimum absolute atomic E-state index is 0.0348. The molecule has 3 rings (SSSR count). The van der Waals surface area contributed by atoms with E-state index in [2.05, 4.69) is 5.32 Å². The third kappa shape index (κ3) is 3.33. The van der Waals surface area contributed by atoms with Crippen LogP contribution >= 0.6 is 0 Å². The van der Waals surface area contributed by atoms with Crippen LogP contribution in [-0.4, -0.2) is 29.8 Å². The van der Waals surface area contributed by atoms with Crippen LogP contribution in [-0.2, 0) is 4.79 Å². The molecule has 0 aliphatic carbocycles. The molecule has 1 aliphatic rings. The molecule has 0 radical (unpaired) electrons. The Labute approximate surface area is 142 Å². The van der Waals surface area contributed by atoms with Crippen molar-refractivity contribution in [1.82, 2.24) is 4.90 Å². The van der Waals surface area contributed by atoms with Gasteiger partial charge in [0, 0.05) is 18.7 Å². The summed E-state index contributed by atoms with van der Waals surface area (Å²) in [6.45, 7) is 0.358. The number of benzene rings is 2. The lowest BCUT2D eigenvalue weighted by Crippen LogP contribution is -2.54. The topological polar surface area (TPSA) is 73.2 Å². The molecule has 0 unspecified atom stereocenters. The lowest BCUT2D eigenvalue weighted by atomic mass is 9.97. The number of hydrogen-bond donors (Lipinski definition) is 1. The van der Waals surface area contributed by atoms with Crippen molar-refractivity contribution in [2.24, 2.45) is 5.92 Å². The van der Waals surface area contributed by atoms with Gasteiger partial charge < -0.3 is 10.2 Å². The number of nitrogens with zero attached hydrogens (tertiary/aromatic N) is 2. The van der Waals surface area contributed by atoms with E-state index in [1.54, 1.807) is 24.3 Å². The van der Waals surface area contributed by atoms with Crippen molar-refractivity contribution in [2.75, 3.05) is 18.4 Å². The molecule has 7 heteroatoms. The third-order valence-corrected chi connectivity index (χ3v) is 4.01. The molecule has 1 N–H and O–H groups in total. The first-order valence-corrected chi connectivity index (χ1v) is 7.54. The van der Waals surface area contributed by atoms with Crippen LogP contribution in [0.3, 0.4) is 0 Å². The van der Waals surface area contributed by atoms with Crippen molar-refractivity contribution in [3.8, 4) is 6.07 Å². The number of nitrogens with one attached hydrogen (secondary N) is 1. The van der Waals surface area contributed by atoms with Crippen LogP contribution in [0.4, 0.5) is 14.5 Å². The van der Waals surface area contributed by atoms with Gasteiger partial charge in [-0.1, -0.05) is 12.1 Å². The first-order chi connectivity index (χ1) is 12.0. The Bertz CT molecular complexity index is 886. The van der Waals surface area contributed by atoms with Crippen molar-refractivity contribution >= 4 is 17.5 Å². The summed E-state index contributed by atoms with van der Waals surface area (Å²) in [4.78, 5) is 25.8. The summed E-state index contributed by atoms with van der Waals surface area (Å²) in [6, 6.07) is 11.5. The molecule has 0 bridgehead atoms. The average molecular weight is 341 g/mol. The fourth-order valence-electron chi connectivity index (χ4n) is 2.55. The monoisotopic (exact) mass is 341 g/mol. The van der Waals surface area contributed by atoms with Gasteiger partial charge in [-0.25, -0.2) is 8.78 Å². The molecule has 2 amide bonds. The molecule has 0 saturated carbocycles. The molecule has 25 heavy (non-hydrogen) atoms. The van der Waals surface area contributed by atoms with Crippen molar-refractivity contribution in [3.63, 3.8) is 0 Å². The molecule has 5 nitrogen and oxygen atoms in total. The van der Waals surface area contributed by atoms with Gasteiger partial charge in [-0.15, -0.1) is 0 Å². The first-order valence-electron chi connectivity index (χ1n) is 7.54. The zero-order chi connectivity index (χ0) is 18.0. The molecular formula is C18H13F2N3O2. The molecule has 0 spiro atoms. The number of carbonyl (C=O) groups excluding carboxylic acids is 2. The molecule has 1 aliphatic heterocycles. The van der Waals surface area contributed by atoms with Gasteiger partial charge in [0.25, 0.3) is 5.91 Å². The zero-order valence-electron chi connectivity index (χ0n) is 13.0. The van der Waals surface area contributed by atoms with E-state index in [1.807, 2.05) is 6.07 Å². The van der Waals surface area contributed by atoms with Crippen LogP contribution in [0.2, 0.25) is 0 Å². The van der Waals surface area contributed by atoms with Gasteiger partial charge in [0.2, 0.25) is 5.91 Å². The fourth-order valence-corrected chi connectivity index (χ4v) is 2.55. The molecule has 2 aromatic rings. The van der Waals surface area contributed by atoms with Crippen LogP contribution in [0.15, 0.2) is 42.5 Å². The molecular weight excluding hydrogens is 328 g/mol. The largest absolute Gasteiger partial charge is 0.337 e. The standard InChI is InChI=1S/C18H13F2N3O2/c19-14-6-5-11(7-15(14)20)18(25)23-9-13(10-23)17(24)22-16-4-2-1-3-12(16)8-21/h1-7,13H,9-10H2,(H,22,24). The third-order valence-electron chi connectivity index (χ3n) is 4.01. The van der Waals surface area contributed by atoms with Crippen LogP contribution in [0.5, 0.6) is 0 Å². The fraction of sp³-hybridized carbons (Fsp3) is 0.167. The van der Waals surface area contributed by atoms with E-state index in [4.69, 9.17) is 5.26 Å². The van der Waals surface area contributed by atoms with E-state index in [0.29, 0.717) is 11.3 Å². The molecule has 1 fully saturated rings. The van der Waals surface area contributed by atoms with Crippen molar-refractivity contribution in [3.05, 3.63) is 65.2 Å². The normalized spacial score (nSPS) is 13.7. The number of rotatable bonds is 3. The number of carbonyl (C=O) groups is 2. The smallest absolute Gasteiger partial charge is 0.254 e. The molecule has 2 aromatic carbocycles. The highest BCUT2D eigenvalue weighted by Gasteiger charge is 2.36. The molecule has 1 saturated heterocycles. The van der Waals surface area contributed by atoms with Crippen LogP contribution < -0.4 is 5.32 Å². The predicted molar refractivity (Wildman–Crippen MR) is 85.5 cm³/mol. The highest BCUT2D eigenvalue weighted by Crippen LogP contribution is 2.22. The minimum atomic E-state index is -1.09. The number of halogens is 2. The summed E-state index contributed by atoms with van der Waals surface area (Å²) in [6.07, 6.45) is 0. The van der Waals surface area contributed by atoms with Gasteiger partial charge in [0.1, 0.15) is 6.07 Å². The summed E-state index contributed by atoms with van der Waals surface area (Å²) < 4.78 is 26.1. The maximum Gasteiger partial charge on any atom is 0.254 e. The lowest BCUT2D eigenvalue weighted by molar-refractivity contribution is -0.123. The number of nitriles is 1. The summed E-state index contributed by atoms with van der Waals surface area (Å²) >= 11 is 0.